The molecule has 0 spiro atoms. The SMILES string of the molecule is CN(C)C(=O)CCCNCC(C)(O)CO. The van der Waals surface area contributed by atoms with E-state index in [-0.39, 0.29) is 12.5 Å². The van der Waals surface area contributed by atoms with Crippen LogP contribution in [0.15, 0.2) is 0 Å². The van der Waals surface area contributed by atoms with Gasteiger partial charge in [0.05, 0.1) is 12.2 Å². The third-order valence-electron chi connectivity index (χ3n) is 2.09. The minimum atomic E-state index is -1.08. The minimum absolute atomic E-state index is 0.103. The molecule has 0 saturated carbocycles. The number of aliphatic hydroxyl groups excluding tert-OH is 1. The number of rotatable bonds is 7. The molecular formula is C10H22N2O3. The van der Waals surface area contributed by atoms with Crippen molar-refractivity contribution in [3.63, 3.8) is 0 Å². The van der Waals surface area contributed by atoms with Crippen LogP contribution in [0, 0.1) is 0 Å². The highest BCUT2D eigenvalue weighted by molar-refractivity contribution is 5.75. The lowest BCUT2D eigenvalue weighted by atomic mass is 10.1. The van der Waals surface area contributed by atoms with Crippen molar-refractivity contribution in [2.24, 2.45) is 0 Å². The quantitative estimate of drug-likeness (QED) is 0.489. The molecule has 0 aromatic rings. The zero-order valence-corrected chi connectivity index (χ0v) is 9.79. The van der Waals surface area contributed by atoms with Gasteiger partial charge in [-0.25, -0.2) is 0 Å². The van der Waals surface area contributed by atoms with Crippen LogP contribution >= 0.6 is 0 Å². The van der Waals surface area contributed by atoms with Crippen LogP contribution in [0.5, 0.6) is 0 Å². The van der Waals surface area contributed by atoms with E-state index in [1.807, 2.05) is 0 Å². The predicted molar refractivity (Wildman–Crippen MR) is 58.5 cm³/mol. The number of carbonyl (C=O) groups excluding carboxylic acids is 1. The van der Waals surface area contributed by atoms with Gasteiger partial charge in [-0.15, -0.1) is 0 Å². The molecule has 5 nitrogen and oxygen atoms in total. The molecule has 0 fully saturated rings. The van der Waals surface area contributed by atoms with E-state index in [0.717, 1.165) is 6.42 Å². The molecule has 0 saturated heterocycles. The molecule has 0 aromatic heterocycles. The molecule has 0 aliphatic heterocycles. The third kappa shape index (κ3) is 7.30. The van der Waals surface area contributed by atoms with Gasteiger partial charge >= 0.3 is 0 Å². The topological polar surface area (TPSA) is 72.8 Å². The average molecular weight is 218 g/mol. The van der Waals surface area contributed by atoms with Crippen molar-refractivity contribution in [1.82, 2.24) is 10.2 Å². The maximum Gasteiger partial charge on any atom is 0.222 e. The molecular weight excluding hydrogens is 196 g/mol. The third-order valence-corrected chi connectivity index (χ3v) is 2.09. The van der Waals surface area contributed by atoms with Crippen molar-refractivity contribution in [1.29, 1.82) is 0 Å². The highest BCUT2D eigenvalue weighted by Crippen LogP contribution is 1.99. The number of carbonyl (C=O) groups is 1. The second kappa shape index (κ2) is 6.76. The molecule has 0 aliphatic carbocycles. The highest BCUT2D eigenvalue weighted by atomic mass is 16.3. The van der Waals surface area contributed by atoms with Gasteiger partial charge in [-0.05, 0) is 19.9 Å². The van der Waals surface area contributed by atoms with Crippen LogP contribution in [-0.2, 0) is 4.79 Å². The lowest BCUT2D eigenvalue weighted by molar-refractivity contribution is -0.128. The molecule has 0 aromatic carbocycles. The van der Waals surface area contributed by atoms with Gasteiger partial charge in [-0.2, -0.15) is 0 Å². The average Bonchev–Trinajstić information content (AvgIpc) is 2.16. The number of nitrogens with zero attached hydrogens (tertiary/aromatic N) is 1. The first kappa shape index (κ1) is 14.3. The molecule has 90 valence electrons. The standard InChI is InChI=1S/C10H22N2O3/c1-10(15,8-13)7-11-6-4-5-9(14)12(2)3/h11,13,15H,4-8H2,1-3H3. The van der Waals surface area contributed by atoms with Crippen molar-refractivity contribution in [3.8, 4) is 0 Å². The lowest BCUT2D eigenvalue weighted by Gasteiger charge is -2.20. The fraction of sp³-hybridized carbons (Fsp3) is 0.900. The van der Waals surface area contributed by atoms with Crippen LogP contribution in [0.25, 0.3) is 0 Å². The fourth-order valence-electron chi connectivity index (χ4n) is 1.00. The van der Waals surface area contributed by atoms with E-state index in [0.29, 0.717) is 19.5 Å². The van der Waals surface area contributed by atoms with Gasteiger partial charge < -0.3 is 20.4 Å². The first-order valence-electron chi connectivity index (χ1n) is 5.13. The number of hydrogen-bond donors (Lipinski definition) is 3. The largest absolute Gasteiger partial charge is 0.393 e. The number of hydrogen-bond acceptors (Lipinski definition) is 4. The Morgan fingerprint density at radius 2 is 2.07 bits per heavy atom. The fourth-order valence-corrected chi connectivity index (χ4v) is 1.00. The Balaban J connectivity index is 3.44. The smallest absolute Gasteiger partial charge is 0.222 e. The van der Waals surface area contributed by atoms with E-state index in [1.54, 1.807) is 25.9 Å². The summed E-state index contributed by atoms with van der Waals surface area (Å²) < 4.78 is 0. The number of aliphatic hydroxyl groups is 2. The van der Waals surface area contributed by atoms with Crippen LogP contribution in [0.3, 0.4) is 0 Å². The van der Waals surface area contributed by atoms with Gasteiger partial charge in [0.25, 0.3) is 0 Å². The maximum atomic E-state index is 11.2. The Hall–Kier alpha value is -0.650. The summed E-state index contributed by atoms with van der Waals surface area (Å²) in [5.74, 6) is 0.103. The van der Waals surface area contributed by atoms with Gasteiger partial charge in [0.2, 0.25) is 5.91 Å². The van der Waals surface area contributed by atoms with Crippen LogP contribution in [-0.4, -0.2) is 60.4 Å². The summed E-state index contributed by atoms with van der Waals surface area (Å²) in [4.78, 5) is 12.7. The van der Waals surface area contributed by atoms with Crippen LogP contribution < -0.4 is 5.32 Å². The van der Waals surface area contributed by atoms with Crippen molar-refractivity contribution < 1.29 is 15.0 Å². The van der Waals surface area contributed by atoms with Gasteiger partial charge in [-0.3, -0.25) is 4.79 Å². The molecule has 3 N–H and O–H groups in total. The Morgan fingerprint density at radius 3 is 2.53 bits per heavy atom. The molecule has 0 aliphatic rings. The molecule has 1 atom stereocenters. The second-order valence-electron chi connectivity index (χ2n) is 4.22. The van der Waals surface area contributed by atoms with E-state index >= 15 is 0 Å². The summed E-state index contributed by atoms with van der Waals surface area (Å²) in [5, 5.41) is 21.2. The highest BCUT2D eigenvalue weighted by Gasteiger charge is 2.17. The molecule has 1 amide bonds. The molecule has 5 heteroatoms. The van der Waals surface area contributed by atoms with Crippen molar-refractivity contribution in [2.75, 3.05) is 33.8 Å². The van der Waals surface area contributed by atoms with Crippen LogP contribution in [0.4, 0.5) is 0 Å². The minimum Gasteiger partial charge on any atom is -0.393 e. The van der Waals surface area contributed by atoms with E-state index in [2.05, 4.69) is 5.32 Å². The molecule has 15 heavy (non-hydrogen) atoms. The zero-order chi connectivity index (χ0) is 11.9. The Kier molecular flexibility index (Phi) is 6.47. The van der Waals surface area contributed by atoms with Gasteiger partial charge in [0.15, 0.2) is 0 Å². The first-order valence-corrected chi connectivity index (χ1v) is 5.13. The molecule has 1 unspecified atom stereocenters. The van der Waals surface area contributed by atoms with Crippen molar-refractivity contribution >= 4 is 5.91 Å². The van der Waals surface area contributed by atoms with Crippen molar-refractivity contribution in [2.45, 2.75) is 25.4 Å². The molecule has 0 rings (SSSR count). The van der Waals surface area contributed by atoms with E-state index in [9.17, 15) is 9.90 Å². The summed E-state index contributed by atoms with van der Waals surface area (Å²) in [6, 6.07) is 0. The monoisotopic (exact) mass is 218 g/mol. The summed E-state index contributed by atoms with van der Waals surface area (Å²) in [7, 11) is 3.46. The molecule has 0 bridgehead atoms. The Morgan fingerprint density at radius 1 is 1.47 bits per heavy atom. The normalized spacial score (nSPS) is 14.7. The summed E-state index contributed by atoms with van der Waals surface area (Å²) in [5.41, 5.74) is -1.08. The van der Waals surface area contributed by atoms with Gasteiger partial charge in [0, 0.05) is 27.1 Å². The van der Waals surface area contributed by atoms with Gasteiger partial charge in [0.1, 0.15) is 0 Å². The Bertz CT molecular complexity index is 193. The summed E-state index contributed by atoms with van der Waals surface area (Å²) in [6.07, 6.45) is 1.24. The summed E-state index contributed by atoms with van der Waals surface area (Å²) in [6.45, 7) is 2.29. The van der Waals surface area contributed by atoms with Crippen molar-refractivity contribution in [3.05, 3.63) is 0 Å². The molecule has 0 heterocycles. The van der Waals surface area contributed by atoms with E-state index < -0.39 is 5.60 Å². The van der Waals surface area contributed by atoms with Crippen LogP contribution in [0.1, 0.15) is 19.8 Å². The van der Waals surface area contributed by atoms with E-state index in [4.69, 9.17) is 5.11 Å². The molecule has 0 radical (unpaired) electrons. The predicted octanol–water partition coefficient (Wildman–Crippen LogP) is -0.812. The van der Waals surface area contributed by atoms with Gasteiger partial charge in [-0.1, -0.05) is 0 Å². The summed E-state index contributed by atoms with van der Waals surface area (Å²) >= 11 is 0. The second-order valence-corrected chi connectivity index (χ2v) is 4.22. The lowest BCUT2D eigenvalue weighted by Crippen LogP contribution is -2.41. The maximum absolute atomic E-state index is 11.2. The van der Waals surface area contributed by atoms with Crippen LogP contribution in [0.2, 0.25) is 0 Å². The van der Waals surface area contributed by atoms with E-state index in [1.165, 1.54) is 0 Å². The zero-order valence-electron chi connectivity index (χ0n) is 9.79. The Labute approximate surface area is 91.1 Å². The number of nitrogens with one attached hydrogen (secondary N) is 1. The first-order chi connectivity index (χ1) is 6.89. The number of amides is 1.